The van der Waals surface area contributed by atoms with Crippen molar-refractivity contribution in [3.8, 4) is 0 Å². The van der Waals surface area contributed by atoms with E-state index in [9.17, 15) is 0 Å². The fourth-order valence-electron chi connectivity index (χ4n) is 1.87. The third-order valence-corrected chi connectivity index (χ3v) is 2.72. The lowest BCUT2D eigenvalue weighted by atomic mass is 10.1. The highest BCUT2D eigenvalue weighted by atomic mass is 14.7. The van der Waals surface area contributed by atoms with Crippen LogP contribution in [-0.2, 0) is 6.42 Å². The molecule has 0 saturated carbocycles. The van der Waals surface area contributed by atoms with Gasteiger partial charge in [0, 0.05) is 17.1 Å². The summed E-state index contributed by atoms with van der Waals surface area (Å²) in [5.74, 6) is 0. The highest BCUT2D eigenvalue weighted by Gasteiger charge is 2.02. The molecule has 0 aliphatic carbocycles. The van der Waals surface area contributed by atoms with E-state index in [1.165, 1.54) is 41.3 Å². The zero-order chi connectivity index (χ0) is 9.97. The van der Waals surface area contributed by atoms with Gasteiger partial charge in [0.2, 0.25) is 0 Å². The molecule has 0 atom stereocenters. The van der Waals surface area contributed by atoms with Crippen LogP contribution < -0.4 is 0 Å². The summed E-state index contributed by atoms with van der Waals surface area (Å²) < 4.78 is 0. The Morgan fingerprint density at radius 2 is 2.14 bits per heavy atom. The topological polar surface area (TPSA) is 15.8 Å². The van der Waals surface area contributed by atoms with Crippen LogP contribution in [0.2, 0.25) is 0 Å². The molecular weight excluding hydrogens is 170 g/mol. The molecule has 0 saturated heterocycles. The van der Waals surface area contributed by atoms with Crippen LogP contribution in [0, 0.1) is 6.92 Å². The van der Waals surface area contributed by atoms with E-state index >= 15 is 0 Å². The van der Waals surface area contributed by atoms with Gasteiger partial charge in [0.15, 0.2) is 0 Å². The molecule has 2 rings (SSSR count). The molecule has 0 bridgehead atoms. The van der Waals surface area contributed by atoms with Gasteiger partial charge in [-0.05, 0) is 37.0 Å². The number of hydrogen-bond donors (Lipinski definition) is 1. The first kappa shape index (κ1) is 9.32. The minimum absolute atomic E-state index is 1.19. The number of aromatic nitrogens is 1. The van der Waals surface area contributed by atoms with Crippen LogP contribution in [0.5, 0.6) is 0 Å². The van der Waals surface area contributed by atoms with E-state index in [4.69, 9.17) is 0 Å². The molecule has 0 unspecified atom stereocenters. The van der Waals surface area contributed by atoms with Gasteiger partial charge < -0.3 is 4.98 Å². The van der Waals surface area contributed by atoms with Crippen LogP contribution in [0.3, 0.4) is 0 Å². The number of aromatic amines is 1. The number of fused-ring (bicyclic) bond motifs is 1. The molecule has 1 nitrogen and oxygen atoms in total. The van der Waals surface area contributed by atoms with Crippen LogP contribution in [-0.4, -0.2) is 4.98 Å². The monoisotopic (exact) mass is 187 g/mol. The van der Waals surface area contributed by atoms with Crippen molar-refractivity contribution in [2.75, 3.05) is 0 Å². The SMILES string of the molecule is CCCCc1c[nH]c2cc(C)ccc12. The van der Waals surface area contributed by atoms with Gasteiger partial charge in [-0.15, -0.1) is 0 Å². The van der Waals surface area contributed by atoms with Crippen molar-refractivity contribution in [2.24, 2.45) is 0 Å². The maximum absolute atomic E-state index is 3.34. The fourth-order valence-corrected chi connectivity index (χ4v) is 1.87. The summed E-state index contributed by atoms with van der Waals surface area (Å²) in [6, 6.07) is 6.63. The summed E-state index contributed by atoms with van der Waals surface area (Å²) in [5, 5.41) is 1.39. The molecule has 0 aliphatic rings. The molecule has 1 aromatic carbocycles. The molecule has 0 fully saturated rings. The Labute approximate surface area is 85.1 Å². The molecule has 2 aromatic rings. The summed E-state index contributed by atoms with van der Waals surface area (Å²) in [7, 11) is 0. The molecule has 0 spiro atoms. The van der Waals surface area contributed by atoms with Crippen molar-refractivity contribution in [1.29, 1.82) is 0 Å². The molecule has 1 aromatic heterocycles. The van der Waals surface area contributed by atoms with Crippen LogP contribution in [0.25, 0.3) is 10.9 Å². The van der Waals surface area contributed by atoms with E-state index in [0.29, 0.717) is 0 Å². The number of unbranched alkanes of at least 4 members (excludes halogenated alkanes) is 1. The van der Waals surface area contributed by atoms with Gasteiger partial charge in [0.05, 0.1) is 0 Å². The summed E-state index contributed by atoms with van der Waals surface area (Å²) >= 11 is 0. The molecule has 1 heteroatoms. The molecule has 1 N–H and O–H groups in total. The van der Waals surface area contributed by atoms with Crippen LogP contribution in [0.4, 0.5) is 0 Å². The Kier molecular flexibility index (Phi) is 2.58. The van der Waals surface area contributed by atoms with Crippen LogP contribution in [0.15, 0.2) is 24.4 Å². The maximum atomic E-state index is 3.34. The first-order valence-corrected chi connectivity index (χ1v) is 5.38. The lowest BCUT2D eigenvalue weighted by Crippen LogP contribution is -1.81. The molecule has 14 heavy (non-hydrogen) atoms. The molecule has 0 aliphatic heterocycles. The largest absolute Gasteiger partial charge is 0.361 e. The summed E-state index contributed by atoms with van der Waals surface area (Å²) in [5.41, 5.74) is 4.05. The van der Waals surface area contributed by atoms with E-state index in [0.717, 1.165) is 0 Å². The molecule has 74 valence electrons. The summed E-state index contributed by atoms with van der Waals surface area (Å²) in [4.78, 5) is 3.34. The first-order chi connectivity index (χ1) is 6.81. The normalized spacial score (nSPS) is 11.0. The summed E-state index contributed by atoms with van der Waals surface area (Å²) in [6.07, 6.45) is 5.89. The van der Waals surface area contributed by atoms with Crippen LogP contribution >= 0.6 is 0 Å². The van der Waals surface area contributed by atoms with E-state index in [1.807, 2.05) is 0 Å². The van der Waals surface area contributed by atoms with E-state index in [2.05, 4.69) is 43.2 Å². The van der Waals surface area contributed by atoms with E-state index < -0.39 is 0 Å². The fraction of sp³-hybridized carbons (Fsp3) is 0.385. The minimum atomic E-state index is 1.19. The quantitative estimate of drug-likeness (QED) is 0.752. The van der Waals surface area contributed by atoms with Gasteiger partial charge >= 0.3 is 0 Å². The number of aryl methyl sites for hydroxylation is 2. The van der Waals surface area contributed by atoms with Crippen molar-refractivity contribution >= 4 is 10.9 Å². The Morgan fingerprint density at radius 3 is 2.93 bits per heavy atom. The maximum Gasteiger partial charge on any atom is 0.0459 e. The first-order valence-electron chi connectivity index (χ1n) is 5.38. The van der Waals surface area contributed by atoms with Gasteiger partial charge in [-0.2, -0.15) is 0 Å². The number of nitrogens with one attached hydrogen (secondary N) is 1. The van der Waals surface area contributed by atoms with Crippen molar-refractivity contribution in [3.63, 3.8) is 0 Å². The number of hydrogen-bond acceptors (Lipinski definition) is 0. The van der Waals surface area contributed by atoms with Gasteiger partial charge in [-0.3, -0.25) is 0 Å². The van der Waals surface area contributed by atoms with Crippen LogP contribution in [0.1, 0.15) is 30.9 Å². The summed E-state index contributed by atoms with van der Waals surface area (Å²) in [6.45, 7) is 4.37. The smallest absolute Gasteiger partial charge is 0.0459 e. The van der Waals surface area contributed by atoms with Crippen molar-refractivity contribution in [3.05, 3.63) is 35.5 Å². The van der Waals surface area contributed by atoms with Gasteiger partial charge in [-0.25, -0.2) is 0 Å². The second kappa shape index (κ2) is 3.87. The lowest BCUT2D eigenvalue weighted by Gasteiger charge is -1.97. The zero-order valence-corrected chi connectivity index (χ0v) is 8.93. The van der Waals surface area contributed by atoms with Crippen molar-refractivity contribution in [1.82, 2.24) is 4.98 Å². The third-order valence-electron chi connectivity index (χ3n) is 2.72. The average Bonchev–Trinajstić information content (AvgIpc) is 2.57. The Balaban J connectivity index is 2.37. The molecule has 0 radical (unpaired) electrons. The van der Waals surface area contributed by atoms with E-state index in [-0.39, 0.29) is 0 Å². The predicted octanol–water partition coefficient (Wildman–Crippen LogP) is 3.82. The lowest BCUT2D eigenvalue weighted by molar-refractivity contribution is 0.799. The number of rotatable bonds is 3. The molecule has 1 heterocycles. The van der Waals surface area contributed by atoms with Gasteiger partial charge in [-0.1, -0.05) is 25.5 Å². The Bertz CT molecular complexity index is 426. The van der Waals surface area contributed by atoms with Crippen molar-refractivity contribution in [2.45, 2.75) is 33.1 Å². The second-order valence-corrected chi connectivity index (χ2v) is 3.97. The standard InChI is InChI=1S/C13H17N/c1-3-4-5-11-9-14-13-8-10(2)6-7-12(11)13/h6-9,14H,3-5H2,1-2H3. The molecule has 0 amide bonds. The zero-order valence-electron chi connectivity index (χ0n) is 8.93. The highest BCUT2D eigenvalue weighted by molar-refractivity contribution is 5.83. The molecular formula is C13H17N. The highest BCUT2D eigenvalue weighted by Crippen LogP contribution is 2.20. The second-order valence-electron chi connectivity index (χ2n) is 3.97. The van der Waals surface area contributed by atoms with Gasteiger partial charge in [0.1, 0.15) is 0 Å². The third kappa shape index (κ3) is 1.67. The number of H-pyrrole nitrogens is 1. The Hall–Kier alpha value is -1.24. The van der Waals surface area contributed by atoms with Gasteiger partial charge in [0.25, 0.3) is 0 Å². The Morgan fingerprint density at radius 1 is 1.29 bits per heavy atom. The van der Waals surface area contributed by atoms with Crippen molar-refractivity contribution < 1.29 is 0 Å². The average molecular weight is 187 g/mol. The number of benzene rings is 1. The van der Waals surface area contributed by atoms with E-state index in [1.54, 1.807) is 0 Å². The predicted molar refractivity (Wildman–Crippen MR) is 61.6 cm³/mol. The minimum Gasteiger partial charge on any atom is -0.361 e.